The van der Waals surface area contributed by atoms with Crippen LogP contribution in [0.2, 0.25) is 0 Å². The van der Waals surface area contributed by atoms with Gasteiger partial charge in [0.25, 0.3) is 0 Å². The lowest BCUT2D eigenvalue weighted by Gasteiger charge is -2.35. The van der Waals surface area contributed by atoms with Crippen molar-refractivity contribution in [1.82, 2.24) is 15.5 Å². The van der Waals surface area contributed by atoms with Crippen LogP contribution in [0.3, 0.4) is 0 Å². The van der Waals surface area contributed by atoms with E-state index >= 15 is 0 Å². The van der Waals surface area contributed by atoms with Crippen LogP contribution in [-0.4, -0.2) is 52.6 Å². The third kappa shape index (κ3) is 8.72. The Balaban J connectivity index is 3.41. The van der Waals surface area contributed by atoms with Gasteiger partial charge in [0.15, 0.2) is 0 Å². The first-order valence-electron chi connectivity index (χ1n) is 11.8. The molecule has 0 heterocycles. The lowest BCUT2D eigenvalue weighted by atomic mass is 9.97. The molecule has 190 valence electrons. The summed E-state index contributed by atoms with van der Waals surface area (Å²) in [6, 6.07) is 2.93. The molecule has 1 rings (SSSR count). The Morgan fingerprint density at radius 2 is 1.88 bits per heavy atom. The van der Waals surface area contributed by atoms with Gasteiger partial charge < -0.3 is 25.4 Å². The fourth-order valence-corrected chi connectivity index (χ4v) is 3.40. The summed E-state index contributed by atoms with van der Waals surface area (Å²) in [7, 11) is 0. The molecule has 1 aromatic carbocycles. The van der Waals surface area contributed by atoms with Crippen LogP contribution in [0.25, 0.3) is 0 Å². The Labute approximate surface area is 203 Å². The van der Waals surface area contributed by atoms with Gasteiger partial charge in [-0.2, -0.15) is 0 Å². The van der Waals surface area contributed by atoms with Gasteiger partial charge in [-0.25, -0.2) is 4.79 Å². The van der Waals surface area contributed by atoms with Crippen molar-refractivity contribution in [3.05, 3.63) is 42.0 Å². The summed E-state index contributed by atoms with van der Waals surface area (Å²) in [5, 5.41) is 15.6. The number of benzene rings is 1. The molecule has 0 aliphatic carbocycles. The molecule has 0 bridgehead atoms. The van der Waals surface area contributed by atoms with Crippen molar-refractivity contribution < 1.29 is 24.2 Å². The molecule has 0 spiro atoms. The molecule has 0 aliphatic heterocycles. The van der Waals surface area contributed by atoms with Crippen molar-refractivity contribution in [2.45, 2.75) is 79.0 Å². The zero-order chi connectivity index (χ0) is 26.1. The SMILES string of the molecule is C=CCN(C(=O)C(NC(=O)OC(C)(C)C)C(C)C)C(C(=O)NCCCC)c1ccc(O)c(C)c1. The lowest BCUT2D eigenvalue weighted by Crippen LogP contribution is -2.55. The zero-order valence-electron chi connectivity index (χ0n) is 21.6. The van der Waals surface area contributed by atoms with Crippen molar-refractivity contribution in [3.8, 4) is 5.75 Å². The van der Waals surface area contributed by atoms with Crippen LogP contribution in [0.15, 0.2) is 30.9 Å². The van der Waals surface area contributed by atoms with Crippen molar-refractivity contribution in [1.29, 1.82) is 0 Å². The fraction of sp³-hybridized carbons (Fsp3) is 0.577. The van der Waals surface area contributed by atoms with Crippen LogP contribution in [0, 0.1) is 12.8 Å². The number of ether oxygens (including phenoxy) is 1. The number of rotatable bonds is 11. The Bertz CT molecular complexity index is 860. The minimum absolute atomic E-state index is 0.0871. The van der Waals surface area contributed by atoms with E-state index in [1.165, 1.54) is 11.0 Å². The molecule has 0 aliphatic rings. The normalized spacial score (nSPS) is 13.1. The first kappa shape index (κ1) is 29.0. The van der Waals surface area contributed by atoms with Crippen molar-refractivity contribution in [2.75, 3.05) is 13.1 Å². The number of phenols is 1. The van der Waals surface area contributed by atoms with E-state index in [2.05, 4.69) is 17.2 Å². The van der Waals surface area contributed by atoms with Crippen LogP contribution in [0.1, 0.15) is 71.6 Å². The molecule has 0 saturated carbocycles. The molecule has 2 unspecified atom stereocenters. The minimum atomic E-state index is -0.969. The van der Waals surface area contributed by atoms with Crippen molar-refractivity contribution >= 4 is 17.9 Å². The van der Waals surface area contributed by atoms with Crippen molar-refractivity contribution in [3.63, 3.8) is 0 Å². The van der Waals surface area contributed by atoms with E-state index in [1.54, 1.807) is 45.9 Å². The quantitative estimate of drug-likeness (QED) is 0.328. The zero-order valence-corrected chi connectivity index (χ0v) is 21.6. The first-order chi connectivity index (χ1) is 15.8. The number of aromatic hydroxyl groups is 1. The summed E-state index contributed by atoms with van der Waals surface area (Å²) in [5.74, 6) is -0.935. The number of carbonyl (C=O) groups is 3. The molecule has 0 aromatic heterocycles. The Morgan fingerprint density at radius 1 is 1.24 bits per heavy atom. The second-order valence-corrected chi connectivity index (χ2v) is 9.74. The van der Waals surface area contributed by atoms with E-state index in [0.29, 0.717) is 17.7 Å². The Kier molecular flexibility index (Phi) is 11.1. The molecule has 1 aromatic rings. The van der Waals surface area contributed by atoms with E-state index in [1.807, 2.05) is 20.8 Å². The number of nitrogens with zero attached hydrogens (tertiary/aromatic N) is 1. The number of nitrogens with one attached hydrogen (secondary N) is 2. The number of phenolic OH excluding ortho intramolecular Hbond substituents is 1. The number of aryl methyl sites for hydroxylation is 1. The maximum Gasteiger partial charge on any atom is 0.408 e. The summed E-state index contributed by atoms with van der Waals surface area (Å²) in [6.45, 7) is 16.9. The Hall–Kier alpha value is -3.03. The van der Waals surface area contributed by atoms with Gasteiger partial charge in [0.05, 0.1) is 0 Å². The van der Waals surface area contributed by atoms with E-state index in [-0.39, 0.29) is 24.1 Å². The number of amides is 3. The summed E-state index contributed by atoms with van der Waals surface area (Å²) in [4.78, 5) is 40.9. The number of carbonyl (C=O) groups excluding carboxylic acids is 3. The van der Waals surface area contributed by atoms with Gasteiger partial charge in [-0.3, -0.25) is 9.59 Å². The highest BCUT2D eigenvalue weighted by atomic mass is 16.6. The molecule has 34 heavy (non-hydrogen) atoms. The first-order valence-corrected chi connectivity index (χ1v) is 11.8. The summed E-state index contributed by atoms with van der Waals surface area (Å²) in [5.41, 5.74) is 0.419. The lowest BCUT2D eigenvalue weighted by molar-refractivity contribution is -0.142. The third-order valence-corrected chi connectivity index (χ3v) is 5.14. The second-order valence-electron chi connectivity index (χ2n) is 9.74. The van der Waals surface area contributed by atoms with Gasteiger partial charge in [0.1, 0.15) is 23.4 Å². The van der Waals surface area contributed by atoms with E-state index in [9.17, 15) is 19.5 Å². The molecule has 0 saturated heterocycles. The predicted octanol–water partition coefficient (Wildman–Crippen LogP) is 4.22. The number of unbranched alkanes of at least 4 members (excludes halogenated alkanes) is 1. The predicted molar refractivity (Wildman–Crippen MR) is 133 cm³/mol. The topological polar surface area (TPSA) is 108 Å². The van der Waals surface area contributed by atoms with Crippen molar-refractivity contribution in [2.24, 2.45) is 5.92 Å². The maximum atomic E-state index is 13.8. The molecular weight excluding hydrogens is 434 g/mol. The molecule has 2 atom stereocenters. The van der Waals surface area contributed by atoms with Crippen LogP contribution in [0.5, 0.6) is 5.75 Å². The fourth-order valence-electron chi connectivity index (χ4n) is 3.40. The van der Waals surface area contributed by atoms with Gasteiger partial charge in [0.2, 0.25) is 11.8 Å². The molecular formula is C26H41N3O5. The molecule has 3 N–H and O–H groups in total. The van der Waals surface area contributed by atoms with E-state index in [4.69, 9.17) is 4.74 Å². The number of hydrogen-bond donors (Lipinski definition) is 3. The summed E-state index contributed by atoms with van der Waals surface area (Å²) >= 11 is 0. The number of hydrogen-bond acceptors (Lipinski definition) is 5. The number of alkyl carbamates (subject to hydrolysis) is 1. The van der Waals surface area contributed by atoms with E-state index in [0.717, 1.165) is 12.8 Å². The maximum absolute atomic E-state index is 13.8. The highest BCUT2D eigenvalue weighted by molar-refractivity contribution is 5.92. The molecule has 0 fully saturated rings. The molecule has 3 amide bonds. The third-order valence-electron chi connectivity index (χ3n) is 5.14. The average Bonchev–Trinajstić information content (AvgIpc) is 2.72. The van der Waals surface area contributed by atoms with Gasteiger partial charge >= 0.3 is 6.09 Å². The van der Waals surface area contributed by atoms with Crippen LogP contribution in [0.4, 0.5) is 4.79 Å². The summed E-state index contributed by atoms with van der Waals surface area (Å²) < 4.78 is 5.35. The van der Waals surface area contributed by atoms with Gasteiger partial charge in [-0.05, 0) is 63.3 Å². The highest BCUT2D eigenvalue weighted by Crippen LogP contribution is 2.27. The summed E-state index contributed by atoms with van der Waals surface area (Å²) in [6.07, 6.45) is 2.55. The standard InChI is InChI=1S/C26H41N3O5/c1-9-11-14-27-23(31)22(19-12-13-20(30)18(5)16-19)29(15-10-2)24(32)21(17(3)4)28-25(33)34-26(6,7)8/h10,12-13,16-17,21-22,30H,2,9,11,14-15H2,1,3-8H3,(H,27,31)(H,28,33). The van der Waals surface area contributed by atoms with Crippen LogP contribution in [-0.2, 0) is 14.3 Å². The minimum Gasteiger partial charge on any atom is -0.508 e. The molecule has 0 radical (unpaired) electrons. The highest BCUT2D eigenvalue weighted by Gasteiger charge is 2.37. The largest absolute Gasteiger partial charge is 0.508 e. The monoisotopic (exact) mass is 475 g/mol. The average molecular weight is 476 g/mol. The second kappa shape index (κ2) is 13.0. The Morgan fingerprint density at radius 3 is 2.38 bits per heavy atom. The van der Waals surface area contributed by atoms with Gasteiger partial charge in [-0.15, -0.1) is 6.58 Å². The van der Waals surface area contributed by atoms with Crippen LogP contribution < -0.4 is 10.6 Å². The van der Waals surface area contributed by atoms with E-state index < -0.39 is 29.7 Å². The molecule has 8 nitrogen and oxygen atoms in total. The molecule has 8 heteroatoms. The van der Waals surface area contributed by atoms with Gasteiger partial charge in [0, 0.05) is 13.1 Å². The smallest absolute Gasteiger partial charge is 0.408 e. The van der Waals surface area contributed by atoms with Crippen LogP contribution >= 0.6 is 0 Å². The van der Waals surface area contributed by atoms with Gasteiger partial charge in [-0.1, -0.05) is 39.3 Å².